The van der Waals surface area contributed by atoms with Gasteiger partial charge in [-0.2, -0.15) is 0 Å². The number of aliphatic hydroxyl groups is 1. The zero-order chi connectivity index (χ0) is 14.1. The van der Waals surface area contributed by atoms with E-state index in [0.29, 0.717) is 24.9 Å². The standard InChI is InChI=1S/C13H24N4O2/c1-4-6-14-11-7-12(15-10(3)8-18)17-13(16-11)9-19-5-2/h7,10,18H,4-6,8-9H2,1-3H3,(H2,14,15,16,17). The van der Waals surface area contributed by atoms with Gasteiger partial charge in [-0.1, -0.05) is 6.92 Å². The fourth-order valence-corrected chi connectivity index (χ4v) is 1.47. The van der Waals surface area contributed by atoms with Gasteiger partial charge in [0.2, 0.25) is 0 Å². The molecule has 0 fully saturated rings. The Morgan fingerprint density at radius 1 is 1.32 bits per heavy atom. The van der Waals surface area contributed by atoms with Crippen molar-refractivity contribution in [2.75, 3.05) is 30.4 Å². The van der Waals surface area contributed by atoms with Crippen molar-refractivity contribution in [2.45, 2.75) is 39.8 Å². The van der Waals surface area contributed by atoms with E-state index in [9.17, 15) is 0 Å². The van der Waals surface area contributed by atoms with Crippen LogP contribution >= 0.6 is 0 Å². The van der Waals surface area contributed by atoms with Gasteiger partial charge in [-0.3, -0.25) is 0 Å². The zero-order valence-electron chi connectivity index (χ0n) is 11.9. The van der Waals surface area contributed by atoms with Crippen LogP contribution in [0.3, 0.4) is 0 Å². The third-order valence-electron chi connectivity index (χ3n) is 2.43. The summed E-state index contributed by atoms with van der Waals surface area (Å²) in [6.45, 7) is 7.87. The summed E-state index contributed by atoms with van der Waals surface area (Å²) in [5, 5.41) is 15.4. The molecule has 6 heteroatoms. The van der Waals surface area contributed by atoms with Crippen molar-refractivity contribution in [1.29, 1.82) is 0 Å². The fourth-order valence-electron chi connectivity index (χ4n) is 1.47. The number of aromatic nitrogens is 2. The van der Waals surface area contributed by atoms with Crippen LogP contribution in [0.2, 0.25) is 0 Å². The van der Waals surface area contributed by atoms with E-state index >= 15 is 0 Å². The number of hydrogen-bond donors (Lipinski definition) is 3. The molecule has 1 aromatic rings. The summed E-state index contributed by atoms with van der Waals surface area (Å²) in [4.78, 5) is 8.76. The maximum absolute atomic E-state index is 9.07. The molecule has 1 rings (SSSR count). The SMILES string of the molecule is CCCNc1cc(NC(C)CO)nc(COCC)n1. The van der Waals surface area contributed by atoms with E-state index in [1.165, 1.54) is 0 Å². The second-order valence-electron chi connectivity index (χ2n) is 4.35. The minimum Gasteiger partial charge on any atom is -0.394 e. The first kappa shape index (κ1) is 15.7. The molecule has 108 valence electrons. The van der Waals surface area contributed by atoms with E-state index in [1.54, 1.807) is 0 Å². The molecule has 3 N–H and O–H groups in total. The molecule has 1 aromatic heterocycles. The fraction of sp³-hybridized carbons (Fsp3) is 0.692. The number of hydrogen-bond acceptors (Lipinski definition) is 6. The van der Waals surface area contributed by atoms with Crippen molar-refractivity contribution < 1.29 is 9.84 Å². The van der Waals surface area contributed by atoms with Crippen molar-refractivity contribution in [1.82, 2.24) is 9.97 Å². The van der Waals surface area contributed by atoms with Crippen molar-refractivity contribution in [3.05, 3.63) is 11.9 Å². The molecule has 0 bridgehead atoms. The lowest BCUT2D eigenvalue weighted by atomic mass is 10.3. The average molecular weight is 268 g/mol. The quantitative estimate of drug-likeness (QED) is 0.631. The largest absolute Gasteiger partial charge is 0.394 e. The van der Waals surface area contributed by atoms with Gasteiger partial charge in [-0.05, 0) is 20.3 Å². The molecule has 0 saturated heterocycles. The molecule has 1 unspecified atom stereocenters. The van der Waals surface area contributed by atoms with Crippen LogP contribution in [0.15, 0.2) is 6.07 Å². The Morgan fingerprint density at radius 3 is 2.68 bits per heavy atom. The Morgan fingerprint density at radius 2 is 2.05 bits per heavy atom. The van der Waals surface area contributed by atoms with Gasteiger partial charge in [0.25, 0.3) is 0 Å². The van der Waals surface area contributed by atoms with Crippen molar-refractivity contribution in [2.24, 2.45) is 0 Å². The Bertz CT molecular complexity index is 347. The van der Waals surface area contributed by atoms with Crippen LogP contribution in [0, 0.1) is 0 Å². The van der Waals surface area contributed by atoms with E-state index in [1.807, 2.05) is 19.9 Å². The molecule has 1 atom stereocenters. The van der Waals surface area contributed by atoms with E-state index < -0.39 is 0 Å². The number of anilines is 2. The first-order chi connectivity index (χ1) is 9.19. The number of nitrogens with one attached hydrogen (secondary N) is 2. The van der Waals surface area contributed by atoms with E-state index in [4.69, 9.17) is 9.84 Å². The second kappa shape index (κ2) is 8.66. The molecule has 0 radical (unpaired) electrons. The molecule has 0 aliphatic rings. The smallest absolute Gasteiger partial charge is 0.158 e. The third-order valence-corrected chi connectivity index (χ3v) is 2.43. The minimum absolute atomic E-state index is 0.0473. The lowest BCUT2D eigenvalue weighted by molar-refractivity contribution is 0.128. The van der Waals surface area contributed by atoms with Gasteiger partial charge in [0.15, 0.2) is 5.82 Å². The summed E-state index contributed by atoms with van der Waals surface area (Å²) in [6, 6.07) is 1.80. The normalized spacial score (nSPS) is 12.2. The summed E-state index contributed by atoms with van der Waals surface area (Å²) < 4.78 is 5.34. The average Bonchev–Trinajstić information content (AvgIpc) is 2.42. The number of rotatable bonds is 9. The van der Waals surface area contributed by atoms with Crippen LogP contribution in [-0.4, -0.2) is 40.9 Å². The molecule has 19 heavy (non-hydrogen) atoms. The van der Waals surface area contributed by atoms with E-state index in [-0.39, 0.29) is 12.6 Å². The van der Waals surface area contributed by atoms with Gasteiger partial charge in [0, 0.05) is 25.3 Å². The maximum Gasteiger partial charge on any atom is 0.158 e. The molecule has 0 saturated carbocycles. The molecule has 6 nitrogen and oxygen atoms in total. The lowest BCUT2D eigenvalue weighted by Gasteiger charge is -2.14. The Kier molecular flexibility index (Phi) is 7.14. The van der Waals surface area contributed by atoms with Gasteiger partial charge < -0.3 is 20.5 Å². The number of ether oxygens (including phenoxy) is 1. The van der Waals surface area contributed by atoms with Gasteiger partial charge in [-0.15, -0.1) is 0 Å². The van der Waals surface area contributed by atoms with Gasteiger partial charge in [0.05, 0.1) is 6.61 Å². The van der Waals surface area contributed by atoms with E-state index in [2.05, 4.69) is 27.5 Å². The minimum atomic E-state index is -0.0473. The molecular weight excluding hydrogens is 244 g/mol. The Balaban J connectivity index is 2.81. The van der Waals surface area contributed by atoms with Crippen LogP contribution in [0.25, 0.3) is 0 Å². The highest BCUT2D eigenvalue weighted by Crippen LogP contribution is 2.13. The monoisotopic (exact) mass is 268 g/mol. The highest BCUT2D eigenvalue weighted by atomic mass is 16.5. The predicted octanol–water partition coefficient (Wildman–Crippen LogP) is 1.63. The van der Waals surface area contributed by atoms with Crippen LogP contribution < -0.4 is 10.6 Å². The summed E-state index contributed by atoms with van der Waals surface area (Å²) in [5.74, 6) is 2.11. The first-order valence-corrected chi connectivity index (χ1v) is 6.76. The van der Waals surface area contributed by atoms with Gasteiger partial charge >= 0.3 is 0 Å². The Labute approximate surface area is 114 Å². The van der Waals surface area contributed by atoms with Gasteiger partial charge in [0.1, 0.15) is 18.2 Å². The summed E-state index contributed by atoms with van der Waals surface area (Å²) in [6.07, 6.45) is 1.03. The zero-order valence-corrected chi connectivity index (χ0v) is 11.9. The predicted molar refractivity (Wildman–Crippen MR) is 76.3 cm³/mol. The lowest BCUT2D eigenvalue weighted by Crippen LogP contribution is -2.21. The number of aliphatic hydroxyl groups excluding tert-OH is 1. The molecule has 0 spiro atoms. The first-order valence-electron chi connectivity index (χ1n) is 6.76. The molecular formula is C13H24N4O2. The topological polar surface area (TPSA) is 79.3 Å². The maximum atomic E-state index is 9.07. The molecule has 0 aliphatic carbocycles. The van der Waals surface area contributed by atoms with Crippen molar-refractivity contribution >= 4 is 11.6 Å². The highest BCUT2D eigenvalue weighted by molar-refractivity contribution is 5.48. The molecule has 0 aliphatic heterocycles. The van der Waals surface area contributed by atoms with Crippen LogP contribution in [0.5, 0.6) is 0 Å². The van der Waals surface area contributed by atoms with Crippen molar-refractivity contribution in [3.63, 3.8) is 0 Å². The molecule has 0 aromatic carbocycles. The molecule has 1 heterocycles. The second-order valence-corrected chi connectivity index (χ2v) is 4.35. The van der Waals surface area contributed by atoms with Gasteiger partial charge in [-0.25, -0.2) is 9.97 Å². The molecule has 0 amide bonds. The third kappa shape index (κ3) is 5.85. The number of nitrogens with zero attached hydrogens (tertiary/aromatic N) is 2. The van der Waals surface area contributed by atoms with E-state index in [0.717, 1.165) is 18.8 Å². The Hall–Kier alpha value is -1.40. The van der Waals surface area contributed by atoms with Crippen LogP contribution in [0.1, 0.15) is 33.0 Å². The van der Waals surface area contributed by atoms with Crippen molar-refractivity contribution in [3.8, 4) is 0 Å². The summed E-state index contributed by atoms with van der Waals surface area (Å²) >= 11 is 0. The summed E-state index contributed by atoms with van der Waals surface area (Å²) in [5.41, 5.74) is 0. The van der Waals surface area contributed by atoms with Crippen LogP contribution in [0.4, 0.5) is 11.6 Å². The van der Waals surface area contributed by atoms with Crippen LogP contribution in [-0.2, 0) is 11.3 Å². The highest BCUT2D eigenvalue weighted by Gasteiger charge is 2.07. The summed E-state index contributed by atoms with van der Waals surface area (Å²) in [7, 11) is 0.